The van der Waals surface area contributed by atoms with Crippen LogP contribution in [0.25, 0.3) is 11.2 Å². The summed E-state index contributed by atoms with van der Waals surface area (Å²) in [5.41, 5.74) is 4.09. The molecule has 0 fully saturated rings. The molecule has 2 aromatic carbocycles. The molecule has 0 aliphatic rings. The van der Waals surface area contributed by atoms with Crippen molar-refractivity contribution in [3.05, 3.63) is 93.4 Å². The van der Waals surface area contributed by atoms with E-state index in [0.717, 1.165) is 30.7 Å². The zero-order valence-corrected chi connectivity index (χ0v) is 18.6. The molecule has 2 heterocycles. The maximum absolute atomic E-state index is 12.6. The number of pyridine rings is 1. The van der Waals surface area contributed by atoms with E-state index < -0.39 is 4.92 Å². The SMILES string of the molecule is CCCCc1nc2cc(NC(=O)c3ccccc3)c(C)nc2n1Cc1cccc([N+](=O)[O-])c1. The van der Waals surface area contributed by atoms with Gasteiger partial charge in [0, 0.05) is 24.1 Å². The summed E-state index contributed by atoms with van der Waals surface area (Å²) in [4.78, 5) is 33.0. The minimum atomic E-state index is -0.391. The van der Waals surface area contributed by atoms with Crippen molar-refractivity contribution >= 4 is 28.4 Å². The van der Waals surface area contributed by atoms with Crippen LogP contribution in [-0.4, -0.2) is 25.4 Å². The molecule has 0 aliphatic heterocycles. The molecule has 33 heavy (non-hydrogen) atoms. The van der Waals surface area contributed by atoms with Crippen LogP contribution < -0.4 is 5.32 Å². The first kappa shape index (κ1) is 22.1. The van der Waals surface area contributed by atoms with E-state index in [1.807, 2.05) is 41.8 Å². The fourth-order valence-electron chi connectivity index (χ4n) is 3.74. The van der Waals surface area contributed by atoms with Crippen LogP contribution in [0.3, 0.4) is 0 Å². The number of nitro groups is 1. The van der Waals surface area contributed by atoms with Crippen LogP contribution >= 0.6 is 0 Å². The lowest BCUT2D eigenvalue weighted by Gasteiger charge is -2.11. The number of hydrogen-bond donors (Lipinski definition) is 1. The van der Waals surface area contributed by atoms with Gasteiger partial charge in [-0.3, -0.25) is 14.9 Å². The highest BCUT2D eigenvalue weighted by Crippen LogP contribution is 2.25. The van der Waals surface area contributed by atoms with Crippen molar-refractivity contribution in [2.45, 2.75) is 39.7 Å². The summed E-state index contributed by atoms with van der Waals surface area (Å²) in [6.45, 7) is 4.39. The maximum atomic E-state index is 12.6. The number of carbonyl (C=O) groups excluding carboxylic acids is 1. The summed E-state index contributed by atoms with van der Waals surface area (Å²) >= 11 is 0. The molecule has 0 unspecified atom stereocenters. The van der Waals surface area contributed by atoms with Gasteiger partial charge in [-0.15, -0.1) is 0 Å². The van der Waals surface area contributed by atoms with Gasteiger partial charge in [0.2, 0.25) is 0 Å². The number of hydrogen-bond acceptors (Lipinski definition) is 5. The largest absolute Gasteiger partial charge is 0.320 e. The molecule has 8 nitrogen and oxygen atoms in total. The zero-order chi connectivity index (χ0) is 23.4. The highest BCUT2D eigenvalue weighted by molar-refractivity contribution is 6.05. The Labute approximate surface area is 191 Å². The van der Waals surface area contributed by atoms with E-state index in [1.165, 1.54) is 6.07 Å². The average molecular weight is 444 g/mol. The van der Waals surface area contributed by atoms with Gasteiger partial charge in [0.05, 0.1) is 22.8 Å². The summed E-state index contributed by atoms with van der Waals surface area (Å²) in [6.07, 6.45) is 2.76. The summed E-state index contributed by atoms with van der Waals surface area (Å²) in [7, 11) is 0. The maximum Gasteiger partial charge on any atom is 0.269 e. The van der Waals surface area contributed by atoms with Crippen LogP contribution in [0.4, 0.5) is 11.4 Å². The van der Waals surface area contributed by atoms with Crippen LogP contribution in [0.2, 0.25) is 0 Å². The molecule has 0 spiro atoms. The second-order valence-corrected chi connectivity index (χ2v) is 7.93. The number of aryl methyl sites for hydroxylation is 2. The minimum Gasteiger partial charge on any atom is -0.320 e. The number of nitrogens with zero attached hydrogens (tertiary/aromatic N) is 4. The van der Waals surface area contributed by atoms with Gasteiger partial charge in [0.25, 0.3) is 11.6 Å². The number of non-ortho nitro benzene ring substituents is 1. The van der Waals surface area contributed by atoms with Gasteiger partial charge in [-0.2, -0.15) is 0 Å². The topological polar surface area (TPSA) is 103 Å². The van der Waals surface area contributed by atoms with Crippen molar-refractivity contribution in [3.63, 3.8) is 0 Å². The molecule has 0 atom stereocenters. The summed E-state index contributed by atoms with van der Waals surface area (Å²) < 4.78 is 2.01. The van der Waals surface area contributed by atoms with Crippen molar-refractivity contribution in [3.8, 4) is 0 Å². The van der Waals surface area contributed by atoms with Gasteiger partial charge in [-0.25, -0.2) is 9.97 Å². The molecule has 0 saturated carbocycles. The van der Waals surface area contributed by atoms with Gasteiger partial charge in [-0.1, -0.05) is 43.7 Å². The van der Waals surface area contributed by atoms with Crippen molar-refractivity contribution < 1.29 is 9.72 Å². The number of rotatable bonds is 8. The van der Waals surface area contributed by atoms with E-state index in [0.29, 0.717) is 34.7 Å². The molecular weight excluding hydrogens is 418 g/mol. The summed E-state index contributed by atoms with van der Waals surface area (Å²) in [6, 6.07) is 17.5. The first-order valence-electron chi connectivity index (χ1n) is 10.9. The van der Waals surface area contributed by atoms with E-state index in [1.54, 1.807) is 24.3 Å². The Morgan fingerprint density at radius 2 is 1.88 bits per heavy atom. The monoisotopic (exact) mass is 443 g/mol. The zero-order valence-electron chi connectivity index (χ0n) is 18.6. The van der Waals surface area contributed by atoms with Gasteiger partial charge >= 0.3 is 0 Å². The van der Waals surface area contributed by atoms with Crippen molar-refractivity contribution in [1.82, 2.24) is 14.5 Å². The highest BCUT2D eigenvalue weighted by atomic mass is 16.6. The molecule has 0 saturated heterocycles. The molecule has 1 amide bonds. The van der Waals surface area contributed by atoms with Gasteiger partial charge in [0.1, 0.15) is 11.3 Å². The molecule has 0 bridgehead atoms. The number of aromatic nitrogens is 3. The van der Waals surface area contributed by atoms with E-state index >= 15 is 0 Å². The predicted molar refractivity (Wildman–Crippen MR) is 127 cm³/mol. The Hall–Kier alpha value is -4.07. The third-order valence-electron chi connectivity index (χ3n) is 5.49. The van der Waals surface area contributed by atoms with E-state index in [9.17, 15) is 14.9 Å². The molecule has 1 N–H and O–H groups in total. The quantitative estimate of drug-likeness (QED) is 0.294. The number of carbonyl (C=O) groups is 1. The van der Waals surface area contributed by atoms with Gasteiger partial charge < -0.3 is 9.88 Å². The Morgan fingerprint density at radius 3 is 2.61 bits per heavy atom. The molecular formula is C25H25N5O3. The fourth-order valence-corrected chi connectivity index (χ4v) is 3.74. The summed E-state index contributed by atoms with van der Waals surface area (Å²) in [5, 5.41) is 14.1. The van der Waals surface area contributed by atoms with E-state index in [-0.39, 0.29) is 11.6 Å². The number of unbranched alkanes of at least 4 members (excludes halogenated alkanes) is 1. The second-order valence-electron chi connectivity index (χ2n) is 7.93. The van der Waals surface area contributed by atoms with Crippen LogP contribution in [0, 0.1) is 17.0 Å². The van der Waals surface area contributed by atoms with Crippen LogP contribution in [-0.2, 0) is 13.0 Å². The number of imidazole rings is 1. The third-order valence-corrected chi connectivity index (χ3v) is 5.49. The number of amides is 1. The number of nitro benzene ring substituents is 1. The van der Waals surface area contributed by atoms with E-state index in [2.05, 4.69) is 12.2 Å². The smallest absolute Gasteiger partial charge is 0.269 e. The number of anilines is 1. The minimum absolute atomic E-state index is 0.0575. The Morgan fingerprint density at radius 1 is 1.09 bits per heavy atom. The molecule has 0 aliphatic carbocycles. The van der Waals surface area contributed by atoms with Gasteiger partial charge in [0.15, 0.2) is 5.65 Å². The Kier molecular flexibility index (Phi) is 6.44. The number of fused-ring (bicyclic) bond motifs is 1. The molecule has 168 valence electrons. The normalized spacial score (nSPS) is 11.0. The molecule has 4 aromatic rings. The Bertz CT molecular complexity index is 1310. The lowest BCUT2D eigenvalue weighted by Crippen LogP contribution is -2.13. The molecule has 4 rings (SSSR count). The summed E-state index contributed by atoms with van der Waals surface area (Å²) in [5.74, 6) is 0.666. The van der Waals surface area contributed by atoms with Crippen molar-refractivity contribution in [2.24, 2.45) is 0 Å². The lowest BCUT2D eigenvalue weighted by molar-refractivity contribution is -0.384. The highest BCUT2D eigenvalue weighted by Gasteiger charge is 2.17. The average Bonchev–Trinajstić information content (AvgIpc) is 3.14. The van der Waals surface area contributed by atoms with Crippen LogP contribution in [0.5, 0.6) is 0 Å². The molecule has 8 heteroatoms. The van der Waals surface area contributed by atoms with Crippen LogP contribution in [0.15, 0.2) is 60.7 Å². The number of benzene rings is 2. The van der Waals surface area contributed by atoms with Crippen molar-refractivity contribution in [1.29, 1.82) is 0 Å². The molecule has 2 aromatic heterocycles. The fraction of sp³-hybridized carbons (Fsp3) is 0.240. The predicted octanol–water partition coefficient (Wildman–Crippen LogP) is 5.29. The molecule has 0 radical (unpaired) electrons. The van der Waals surface area contributed by atoms with E-state index in [4.69, 9.17) is 9.97 Å². The first-order valence-corrected chi connectivity index (χ1v) is 10.9. The second kappa shape index (κ2) is 9.60. The Balaban J connectivity index is 1.71. The van der Waals surface area contributed by atoms with Crippen molar-refractivity contribution in [2.75, 3.05) is 5.32 Å². The van der Waals surface area contributed by atoms with Crippen LogP contribution in [0.1, 0.15) is 47.2 Å². The third kappa shape index (κ3) is 4.90. The first-order chi connectivity index (χ1) is 16.0. The number of nitrogens with one attached hydrogen (secondary N) is 1. The lowest BCUT2D eigenvalue weighted by atomic mass is 10.2. The standard InChI is InChI=1S/C25H25N5O3/c1-3-4-13-23-27-22-15-21(28-25(31)19-10-6-5-7-11-19)17(2)26-24(22)29(23)16-18-9-8-12-20(14-18)30(32)33/h5-12,14-15H,3-4,13,16H2,1-2H3,(H,28,31). The van der Waals surface area contributed by atoms with Gasteiger partial charge in [-0.05, 0) is 37.1 Å².